The molecule has 0 spiro atoms. The molecule has 1 N–H and O–H groups in total. The number of hydrogen-bond acceptors (Lipinski definition) is 5. The molecule has 1 fully saturated rings. The summed E-state index contributed by atoms with van der Waals surface area (Å²) < 4.78 is 10.8. The van der Waals surface area contributed by atoms with Gasteiger partial charge < -0.3 is 19.7 Å². The minimum atomic E-state index is -0.728. The number of ether oxygens (including phenoxy) is 2. The van der Waals surface area contributed by atoms with Crippen LogP contribution in [-0.4, -0.2) is 59.0 Å². The number of benzene rings is 2. The Kier molecular flexibility index (Phi) is 7.00. The number of methoxy groups -OCH3 is 1. The second-order valence-electron chi connectivity index (χ2n) is 10.0. The second kappa shape index (κ2) is 9.98. The van der Waals surface area contributed by atoms with Gasteiger partial charge in [-0.05, 0) is 69.0 Å². The van der Waals surface area contributed by atoms with Crippen LogP contribution in [0.1, 0.15) is 44.7 Å². The van der Waals surface area contributed by atoms with Gasteiger partial charge in [-0.25, -0.2) is 4.79 Å². The van der Waals surface area contributed by atoms with E-state index in [4.69, 9.17) is 9.47 Å². The van der Waals surface area contributed by atoms with Crippen molar-refractivity contribution in [1.82, 2.24) is 9.80 Å². The molecule has 2 aromatic carbocycles. The van der Waals surface area contributed by atoms with Crippen molar-refractivity contribution in [3.05, 3.63) is 59.7 Å². The van der Waals surface area contributed by atoms with Gasteiger partial charge in [-0.15, -0.1) is 0 Å². The Morgan fingerprint density at radius 3 is 2.29 bits per heavy atom. The fraction of sp³-hybridized carbons (Fsp3) is 0.444. The van der Waals surface area contributed by atoms with E-state index in [0.717, 1.165) is 17.5 Å². The number of nitrogens with zero attached hydrogens (tertiary/aromatic N) is 2. The van der Waals surface area contributed by atoms with Gasteiger partial charge in [0.25, 0.3) is 0 Å². The summed E-state index contributed by atoms with van der Waals surface area (Å²) >= 11 is 0. The third-order valence-corrected chi connectivity index (χ3v) is 6.36. The number of rotatable bonds is 4. The van der Waals surface area contributed by atoms with E-state index < -0.39 is 23.8 Å². The molecule has 0 radical (unpaired) electrons. The van der Waals surface area contributed by atoms with Gasteiger partial charge in [-0.3, -0.25) is 14.5 Å². The van der Waals surface area contributed by atoms with Gasteiger partial charge in [0.1, 0.15) is 23.4 Å². The molecule has 0 bridgehead atoms. The van der Waals surface area contributed by atoms with Crippen LogP contribution in [-0.2, 0) is 27.3 Å². The minimum Gasteiger partial charge on any atom is -0.497 e. The quantitative estimate of drug-likeness (QED) is 0.717. The molecule has 0 aromatic heterocycles. The number of anilines is 1. The summed E-state index contributed by atoms with van der Waals surface area (Å²) in [4.78, 5) is 43.2. The van der Waals surface area contributed by atoms with E-state index >= 15 is 0 Å². The fourth-order valence-electron chi connectivity index (χ4n) is 4.65. The zero-order valence-corrected chi connectivity index (χ0v) is 20.7. The van der Waals surface area contributed by atoms with Crippen LogP contribution in [0.15, 0.2) is 48.5 Å². The normalized spacial score (nSPS) is 19.7. The van der Waals surface area contributed by atoms with Crippen LogP contribution in [0.4, 0.5) is 10.5 Å². The lowest BCUT2D eigenvalue weighted by Crippen LogP contribution is -2.56. The van der Waals surface area contributed by atoms with Gasteiger partial charge in [0, 0.05) is 18.7 Å². The van der Waals surface area contributed by atoms with Crippen molar-refractivity contribution in [2.75, 3.05) is 19.0 Å². The number of amides is 3. The van der Waals surface area contributed by atoms with Crippen LogP contribution < -0.4 is 10.1 Å². The first-order chi connectivity index (χ1) is 16.7. The van der Waals surface area contributed by atoms with E-state index in [1.165, 1.54) is 4.90 Å². The van der Waals surface area contributed by atoms with Gasteiger partial charge in [0.15, 0.2) is 0 Å². The largest absolute Gasteiger partial charge is 0.497 e. The molecule has 2 aliphatic rings. The smallest absolute Gasteiger partial charge is 0.411 e. The van der Waals surface area contributed by atoms with E-state index in [1.807, 2.05) is 24.3 Å². The first-order valence-corrected chi connectivity index (χ1v) is 12.0. The van der Waals surface area contributed by atoms with Crippen molar-refractivity contribution in [1.29, 1.82) is 0 Å². The zero-order valence-electron chi connectivity index (χ0n) is 20.7. The molecule has 2 aliphatic heterocycles. The van der Waals surface area contributed by atoms with Crippen molar-refractivity contribution in [2.45, 2.75) is 64.3 Å². The highest BCUT2D eigenvalue weighted by Gasteiger charge is 2.43. The summed E-state index contributed by atoms with van der Waals surface area (Å²) in [5, 5.41) is 2.91. The van der Waals surface area contributed by atoms with Crippen LogP contribution >= 0.6 is 0 Å². The standard InChI is InChI=1S/C27H33N3O5/c1-27(2,3)35-26(33)30-17-19-9-6-5-8-18(19)16-23(30)25(32)29-15-7-10-22(29)24(31)28-20-11-13-21(34-4)14-12-20/h5-6,8-9,11-14,22-23H,7,10,15-17H2,1-4H3,(H,28,31)/t22-,23-/m1/s1. The van der Waals surface area contributed by atoms with Crippen LogP contribution in [0.2, 0.25) is 0 Å². The maximum atomic E-state index is 13.8. The third kappa shape index (κ3) is 5.58. The summed E-state index contributed by atoms with van der Waals surface area (Å²) in [6, 6.07) is 13.6. The summed E-state index contributed by atoms with van der Waals surface area (Å²) in [5.74, 6) is 0.235. The molecular weight excluding hydrogens is 446 g/mol. The molecule has 0 saturated carbocycles. The predicted octanol–water partition coefficient (Wildman–Crippen LogP) is 3.99. The average molecular weight is 480 g/mol. The van der Waals surface area contributed by atoms with Crippen molar-refractivity contribution in [2.24, 2.45) is 0 Å². The summed E-state index contributed by atoms with van der Waals surface area (Å²) in [7, 11) is 1.58. The lowest BCUT2D eigenvalue weighted by Gasteiger charge is -2.39. The van der Waals surface area contributed by atoms with Gasteiger partial charge >= 0.3 is 6.09 Å². The monoisotopic (exact) mass is 479 g/mol. The molecule has 35 heavy (non-hydrogen) atoms. The molecule has 8 nitrogen and oxygen atoms in total. The molecular formula is C27H33N3O5. The van der Waals surface area contributed by atoms with Gasteiger partial charge in [-0.2, -0.15) is 0 Å². The lowest BCUT2D eigenvalue weighted by molar-refractivity contribution is -0.141. The maximum absolute atomic E-state index is 13.8. The highest BCUT2D eigenvalue weighted by molar-refractivity contribution is 5.98. The van der Waals surface area contributed by atoms with Gasteiger partial charge in [0.05, 0.1) is 13.7 Å². The topological polar surface area (TPSA) is 88.2 Å². The second-order valence-corrected chi connectivity index (χ2v) is 10.0. The van der Waals surface area contributed by atoms with Crippen molar-refractivity contribution >= 4 is 23.6 Å². The molecule has 1 saturated heterocycles. The molecule has 0 unspecified atom stereocenters. The minimum absolute atomic E-state index is 0.224. The highest BCUT2D eigenvalue weighted by Crippen LogP contribution is 2.29. The molecule has 8 heteroatoms. The summed E-state index contributed by atoms with van der Waals surface area (Å²) in [6.07, 6.45) is 1.16. The van der Waals surface area contributed by atoms with Crippen LogP contribution in [0.5, 0.6) is 5.75 Å². The Labute approximate surface area is 206 Å². The highest BCUT2D eigenvalue weighted by atomic mass is 16.6. The van der Waals surface area contributed by atoms with Gasteiger partial charge in [-0.1, -0.05) is 24.3 Å². The first kappa shape index (κ1) is 24.6. The first-order valence-electron chi connectivity index (χ1n) is 12.0. The molecule has 4 rings (SSSR count). The van der Waals surface area contributed by atoms with E-state index in [-0.39, 0.29) is 18.4 Å². The fourth-order valence-corrected chi connectivity index (χ4v) is 4.65. The molecule has 2 atom stereocenters. The molecule has 0 aliphatic carbocycles. The van der Waals surface area contributed by atoms with Crippen LogP contribution in [0.3, 0.4) is 0 Å². The number of carbonyl (C=O) groups is 3. The molecule has 3 amide bonds. The summed E-state index contributed by atoms with van der Waals surface area (Å²) in [6.45, 7) is 6.18. The zero-order chi connectivity index (χ0) is 25.2. The SMILES string of the molecule is COc1ccc(NC(=O)[C@H]2CCCN2C(=O)[C@H]2Cc3ccccc3CN2C(=O)OC(C)(C)C)cc1. The van der Waals surface area contributed by atoms with E-state index in [2.05, 4.69) is 5.32 Å². The van der Waals surface area contributed by atoms with E-state index in [0.29, 0.717) is 30.8 Å². The van der Waals surface area contributed by atoms with Crippen LogP contribution in [0, 0.1) is 0 Å². The van der Waals surface area contributed by atoms with Crippen molar-refractivity contribution in [3.8, 4) is 5.75 Å². The maximum Gasteiger partial charge on any atom is 0.411 e. The Bertz CT molecular complexity index is 1090. The Morgan fingerprint density at radius 1 is 0.943 bits per heavy atom. The number of nitrogens with one attached hydrogen (secondary N) is 1. The van der Waals surface area contributed by atoms with E-state index in [1.54, 1.807) is 57.0 Å². The average Bonchev–Trinajstić information content (AvgIpc) is 3.32. The van der Waals surface area contributed by atoms with E-state index in [9.17, 15) is 14.4 Å². The lowest BCUT2D eigenvalue weighted by atomic mass is 9.93. The third-order valence-electron chi connectivity index (χ3n) is 6.36. The summed E-state index contributed by atoms with van der Waals surface area (Å²) in [5.41, 5.74) is 1.98. The molecule has 186 valence electrons. The Balaban J connectivity index is 1.54. The number of hydrogen-bond donors (Lipinski definition) is 1. The number of carbonyl (C=O) groups excluding carboxylic acids is 3. The van der Waals surface area contributed by atoms with Gasteiger partial charge in [0.2, 0.25) is 11.8 Å². The Morgan fingerprint density at radius 2 is 1.63 bits per heavy atom. The van der Waals surface area contributed by atoms with Crippen molar-refractivity contribution < 1.29 is 23.9 Å². The number of fused-ring (bicyclic) bond motifs is 1. The Hall–Kier alpha value is -3.55. The molecule has 2 heterocycles. The predicted molar refractivity (Wildman–Crippen MR) is 132 cm³/mol. The molecule has 2 aromatic rings. The number of likely N-dealkylation sites (tertiary alicyclic amines) is 1. The van der Waals surface area contributed by atoms with Crippen molar-refractivity contribution in [3.63, 3.8) is 0 Å². The van der Waals surface area contributed by atoms with Crippen LogP contribution in [0.25, 0.3) is 0 Å².